The molecule has 2 atom stereocenters. The molecule has 80 valence electrons. The first-order chi connectivity index (χ1) is 6.11. The number of nitrogens with one attached hydrogen (secondary N) is 1. The van der Waals surface area contributed by atoms with Gasteiger partial charge in [-0.2, -0.15) is 0 Å². The lowest BCUT2D eigenvalue weighted by Gasteiger charge is -2.25. The summed E-state index contributed by atoms with van der Waals surface area (Å²) in [6, 6.07) is 1.37. The molecule has 0 fully saturated rings. The zero-order valence-electron chi connectivity index (χ0n) is 9.93. The standard InChI is InChI=1S/C11H26N2/c1-6-7-11(3)13(5)9-8-10(2)12-4/h10-12H,6-9H2,1-5H3. The van der Waals surface area contributed by atoms with E-state index in [1.165, 1.54) is 25.8 Å². The smallest absolute Gasteiger partial charge is 0.00637 e. The highest BCUT2D eigenvalue weighted by molar-refractivity contribution is 4.66. The summed E-state index contributed by atoms with van der Waals surface area (Å²) in [6.45, 7) is 8.00. The first kappa shape index (κ1) is 12.9. The minimum atomic E-state index is 0.635. The molecule has 0 aliphatic rings. The summed E-state index contributed by atoms with van der Waals surface area (Å²) in [6.07, 6.45) is 3.83. The lowest BCUT2D eigenvalue weighted by molar-refractivity contribution is 0.234. The SMILES string of the molecule is CCCC(C)N(C)CCC(C)NC. The van der Waals surface area contributed by atoms with Gasteiger partial charge in [0.05, 0.1) is 0 Å². The molecule has 0 aliphatic heterocycles. The fraction of sp³-hybridized carbons (Fsp3) is 1.00. The van der Waals surface area contributed by atoms with Gasteiger partial charge in [0.15, 0.2) is 0 Å². The van der Waals surface area contributed by atoms with E-state index < -0.39 is 0 Å². The average molecular weight is 186 g/mol. The van der Waals surface area contributed by atoms with Crippen molar-refractivity contribution in [1.82, 2.24) is 10.2 Å². The molecular formula is C11H26N2. The van der Waals surface area contributed by atoms with Crippen LogP contribution in [0.1, 0.15) is 40.0 Å². The summed E-state index contributed by atoms with van der Waals surface area (Å²) >= 11 is 0. The highest BCUT2D eigenvalue weighted by Gasteiger charge is 2.08. The lowest BCUT2D eigenvalue weighted by atomic mass is 10.1. The van der Waals surface area contributed by atoms with Gasteiger partial charge in [-0.05, 0) is 47.3 Å². The van der Waals surface area contributed by atoms with E-state index in [1.807, 2.05) is 7.05 Å². The van der Waals surface area contributed by atoms with E-state index in [1.54, 1.807) is 0 Å². The van der Waals surface area contributed by atoms with Crippen LogP contribution in [0.4, 0.5) is 0 Å². The normalized spacial score (nSPS) is 16.2. The van der Waals surface area contributed by atoms with Gasteiger partial charge in [-0.3, -0.25) is 0 Å². The Bertz CT molecular complexity index is 115. The molecular weight excluding hydrogens is 160 g/mol. The number of hydrogen-bond acceptors (Lipinski definition) is 2. The molecule has 0 saturated heterocycles. The third-order valence-corrected chi connectivity index (χ3v) is 2.87. The van der Waals surface area contributed by atoms with Crippen molar-refractivity contribution in [2.24, 2.45) is 0 Å². The van der Waals surface area contributed by atoms with E-state index in [0.717, 1.165) is 6.04 Å². The topological polar surface area (TPSA) is 15.3 Å². The van der Waals surface area contributed by atoms with Crippen molar-refractivity contribution in [2.75, 3.05) is 20.6 Å². The average Bonchev–Trinajstić information content (AvgIpc) is 2.13. The van der Waals surface area contributed by atoms with Crippen molar-refractivity contribution in [2.45, 2.75) is 52.1 Å². The minimum Gasteiger partial charge on any atom is -0.317 e. The van der Waals surface area contributed by atoms with Crippen LogP contribution in [0.5, 0.6) is 0 Å². The molecule has 0 spiro atoms. The first-order valence-corrected chi connectivity index (χ1v) is 5.49. The van der Waals surface area contributed by atoms with Gasteiger partial charge in [0.1, 0.15) is 0 Å². The van der Waals surface area contributed by atoms with Crippen LogP contribution in [0, 0.1) is 0 Å². The third-order valence-electron chi connectivity index (χ3n) is 2.87. The van der Waals surface area contributed by atoms with E-state index in [2.05, 4.69) is 38.0 Å². The van der Waals surface area contributed by atoms with Crippen LogP contribution in [0.25, 0.3) is 0 Å². The molecule has 0 aromatic heterocycles. The zero-order valence-corrected chi connectivity index (χ0v) is 9.93. The Morgan fingerprint density at radius 3 is 2.31 bits per heavy atom. The van der Waals surface area contributed by atoms with E-state index in [-0.39, 0.29) is 0 Å². The molecule has 0 aromatic rings. The van der Waals surface area contributed by atoms with Gasteiger partial charge >= 0.3 is 0 Å². The van der Waals surface area contributed by atoms with E-state index in [4.69, 9.17) is 0 Å². The van der Waals surface area contributed by atoms with Gasteiger partial charge in [0.25, 0.3) is 0 Å². The van der Waals surface area contributed by atoms with Gasteiger partial charge in [-0.1, -0.05) is 13.3 Å². The van der Waals surface area contributed by atoms with E-state index >= 15 is 0 Å². The monoisotopic (exact) mass is 186 g/mol. The van der Waals surface area contributed by atoms with Crippen molar-refractivity contribution in [3.63, 3.8) is 0 Å². The van der Waals surface area contributed by atoms with Crippen LogP contribution in [0.15, 0.2) is 0 Å². The molecule has 2 nitrogen and oxygen atoms in total. The highest BCUT2D eigenvalue weighted by atomic mass is 15.1. The summed E-state index contributed by atoms with van der Waals surface area (Å²) in [7, 11) is 4.25. The molecule has 0 heterocycles. The maximum Gasteiger partial charge on any atom is 0.00637 e. The second-order valence-electron chi connectivity index (χ2n) is 4.10. The predicted octanol–water partition coefficient (Wildman–Crippen LogP) is 2.10. The Labute approximate surface area is 83.7 Å². The van der Waals surface area contributed by atoms with Gasteiger partial charge in [-0.25, -0.2) is 0 Å². The van der Waals surface area contributed by atoms with Gasteiger partial charge in [0, 0.05) is 12.1 Å². The van der Waals surface area contributed by atoms with E-state index in [0.29, 0.717) is 6.04 Å². The van der Waals surface area contributed by atoms with Crippen LogP contribution >= 0.6 is 0 Å². The second kappa shape index (κ2) is 7.34. The first-order valence-electron chi connectivity index (χ1n) is 5.49. The molecule has 13 heavy (non-hydrogen) atoms. The molecule has 0 saturated carbocycles. The van der Waals surface area contributed by atoms with Gasteiger partial charge < -0.3 is 10.2 Å². The minimum absolute atomic E-state index is 0.635. The fourth-order valence-electron chi connectivity index (χ4n) is 1.40. The summed E-state index contributed by atoms with van der Waals surface area (Å²) in [4.78, 5) is 2.46. The zero-order chi connectivity index (χ0) is 10.3. The Balaban J connectivity index is 3.54. The third kappa shape index (κ3) is 6.05. The summed E-state index contributed by atoms with van der Waals surface area (Å²) < 4.78 is 0. The fourth-order valence-corrected chi connectivity index (χ4v) is 1.40. The van der Waals surface area contributed by atoms with Crippen molar-refractivity contribution >= 4 is 0 Å². The molecule has 0 rings (SSSR count). The second-order valence-corrected chi connectivity index (χ2v) is 4.10. The molecule has 2 heteroatoms. The predicted molar refractivity (Wildman–Crippen MR) is 60.1 cm³/mol. The van der Waals surface area contributed by atoms with Crippen molar-refractivity contribution < 1.29 is 0 Å². The molecule has 2 unspecified atom stereocenters. The maximum atomic E-state index is 3.26. The molecule has 0 amide bonds. The van der Waals surface area contributed by atoms with Crippen LogP contribution < -0.4 is 5.32 Å². The van der Waals surface area contributed by atoms with Gasteiger partial charge in [-0.15, -0.1) is 0 Å². The van der Waals surface area contributed by atoms with Crippen LogP contribution in [0.3, 0.4) is 0 Å². The molecule has 0 aromatic carbocycles. The molecule has 1 N–H and O–H groups in total. The quantitative estimate of drug-likeness (QED) is 0.655. The summed E-state index contributed by atoms with van der Waals surface area (Å²) in [5.74, 6) is 0. The summed E-state index contributed by atoms with van der Waals surface area (Å²) in [5, 5.41) is 3.26. The number of hydrogen-bond donors (Lipinski definition) is 1. The maximum absolute atomic E-state index is 3.26. The number of rotatable bonds is 7. The van der Waals surface area contributed by atoms with Crippen molar-refractivity contribution in [3.8, 4) is 0 Å². The van der Waals surface area contributed by atoms with Crippen LogP contribution in [-0.4, -0.2) is 37.6 Å². The Morgan fingerprint density at radius 1 is 1.23 bits per heavy atom. The molecule has 0 radical (unpaired) electrons. The number of nitrogens with zero attached hydrogens (tertiary/aromatic N) is 1. The molecule has 0 bridgehead atoms. The Kier molecular flexibility index (Phi) is 7.29. The largest absolute Gasteiger partial charge is 0.317 e. The summed E-state index contributed by atoms with van der Waals surface area (Å²) in [5.41, 5.74) is 0. The lowest BCUT2D eigenvalue weighted by Crippen LogP contribution is -2.33. The Hall–Kier alpha value is -0.0800. The van der Waals surface area contributed by atoms with Crippen LogP contribution in [-0.2, 0) is 0 Å². The van der Waals surface area contributed by atoms with Crippen molar-refractivity contribution in [1.29, 1.82) is 0 Å². The van der Waals surface area contributed by atoms with Crippen LogP contribution in [0.2, 0.25) is 0 Å². The van der Waals surface area contributed by atoms with Crippen molar-refractivity contribution in [3.05, 3.63) is 0 Å². The Morgan fingerprint density at radius 2 is 1.85 bits per heavy atom. The highest BCUT2D eigenvalue weighted by Crippen LogP contribution is 2.05. The molecule has 0 aliphatic carbocycles. The van der Waals surface area contributed by atoms with Gasteiger partial charge in [0.2, 0.25) is 0 Å². The van der Waals surface area contributed by atoms with E-state index in [9.17, 15) is 0 Å².